The zero-order valence-corrected chi connectivity index (χ0v) is 17.7. The smallest absolute Gasteiger partial charge is 0.166 e. The van der Waals surface area contributed by atoms with Crippen molar-refractivity contribution in [1.82, 2.24) is 9.57 Å². The van der Waals surface area contributed by atoms with Crippen molar-refractivity contribution in [3.05, 3.63) is 6.92 Å². The maximum Gasteiger partial charge on any atom is 0.166 e. The second-order valence-electron chi connectivity index (χ2n) is 5.49. The van der Waals surface area contributed by atoms with Gasteiger partial charge in [-0.25, -0.2) is 4.67 Å². The number of hydrogen-bond donors (Lipinski definition) is 0. The molecule has 2 rings (SSSR count). The molecule has 2 fully saturated rings. The Kier molecular flexibility index (Phi) is 12.9. The molecule has 2 saturated heterocycles. The van der Waals surface area contributed by atoms with Crippen molar-refractivity contribution in [2.75, 3.05) is 46.9 Å². The van der Waals surface area contributed by atoms with Gasteiger partial charge in [-0.2, -0.15) is 0 Å². The molecule has 5 unspecified atom stereocenters. The van der Waals surface area contributed by atoms with Crippen LogP contribution < -0.4 is 0 Å². The molecule has 2 aliphatic rings. The fraction of sp³-hybridized carbons (Fsp3) is 0.846. The van der Waals surface area contributed by atoms with Crippen LogP contribution in [0, 0.1) is 6.92 Å². The second kappa shape index (κ2) is 12.4. The number of hydrogen-bond acceptors (Lipinski definition) is 5. The number of likely N-dealkylation sites (N-methyl/N-ethyl adjacent to an activating group) is 1. The molecular weight excluding hydrogens is 390 g/mol. The molecule has 0 aromatic carbocycles. The molecular formula is C13H24B2N2O4PY-. The third-order valence-corrected chi connectivity index (χ3v) is 4.17. The van der Waals surface area contributed by atoms with Crippen LogP contribution >= 0.6 is 7.58 Å². The summed E-state index contributed by atoms with van der Waals surface area (Å²) in [5.74, 6) is 0. The minimum Gasteiger partial charge on any atom is -0.414 e. The van der Waals surface area contributed by atoms with Crippen LogP contribution in [0.3, 0.4) is 0 Å². The van der Waals surface area contributed by atoms with Crippen LogP contribution in [0.4, 0.5) is 0 Å². The van der Waals surface area contributed by atoms with E-state index < -0.39 is 13.6 Å². The van der Waals surface area contributed by atoms with E-state index in [9.17, 15) is 4.57 Å². The van der Waals surface area contributed by atoms with Gasteiger partial charge in [0.15, 0.2) is 7.58 Å². The number of rotatable bonds is 3. The van der Waals surface area contributed by atoms with E-state index in [0.717, 1.165) is 13.1 Å². The Labute approximate surface area is 168 Å². The first-order chi connectivity index (χ1) is 10.3. The maximum absolute atomic E-state index is 11.1. The third-order valence-electron chi connectivity index (χ3n) is 3.21. The van der Waals surface area contributed by atoms with Crippen LogP contribution in [-0.2, 0) is 51.5 Å². The monoisotopic (exact) mass is 414 g/mol. The minimum atomic E-state index is -1.56. The Hall–Kier alpha value is 1.00. The molecule has 5 radical (unpaired) electrons. The number of methoxy groups -OCH3 is 1. The molecule has 0 amide bonds. The number of ether oxygens (including phenoxy) is 3. The van der Waals surface area contributed by atoms with E-state index in [0.29, 0.717) is 19.7 Å². The van der Waals surface area contributed by atoms with Crippen molar-refractivity contribution in [2.24, 2.45) is 0 Å². The first kappa shape index (κ1) is 24.0. The second-order valence-corrected chi connectivity index (χ2v) is 6.76. The molecule has 0 spiro atoms. The van der Waals surface area contributed by atoms with Crippen LogP contribution in [-0.4, -0.2) is 103 Å². The van der Waals surface area contributed by atoms with Gasteiger partial charge in [-0.05, 0) is 19.9 Å². The van der Waals surface area contributed by atoms with Crippen LogP contribution in [0.15, 0.2) is 0 Å². The van der Waals surface area contributed by atoms with E-state index in [4.69, 9.17) is 29.9 Å². The van der Waals surface area contributed by atoms with Crippen LogP contribution in [0.1, 0.15) is 0 Å². The van der Waals surface area contributed by atoms with Crippen molar-refractivity contribution in [1.29, 1.82) is 0 Å². The summed E-state index contributed by atoms with van der Waals surface area (Å²) < 4.78 is 28.3. The van der Waals surface area contributed by atoms with E-state index >= 15 is 0 Å². The number of nitrogens with zero attached hydrogens (tertiary/aromatic N) is 2. The van der Waals surface area contributed by atoms with Crippen molar-refractivity contribution in [2.45, 2.75) is 24.2 Å². The molecule has 23 heavy (non-hydrogen) atoms. The summed E-state index contributed by atoms with van der Waals surface area (Å²) in [6, 6.07) is -0.541. The van der Waals surface area contributed by atoms with Crippen LogP contribution in [0.2, 0.25) is 0 Å². The van der Waals surface area contributed by atoms with Gasteiger partial charge >= 0.3 is 0 Å². The molecule has 0 saturated carbocycles. The Bertz CT molecular complexity index is 373. The van der Waals surface area contributed by atoms with Gasteiger partial charge in [0.2, 0.25) is 0 Å². The fourth-order valence-corrected chi connectivity index (χ4v) is 3.08. The molecule has 10 heteroatoms. The quantitative estimate of drug-likeness (QED) is 0.358. The summed E-state index contributed by atoms with van der Waals surface area (Å²) in [6.07, 6.45) is 3.41. The molecule has 0 aromatic rings. The van der Waals surface area contributed by atoms with Gasteiger partial charge in [-0.15, -0.1) is 0 Å². The maximum atomic E-state index is 11.1. The van der Waals surface area contributed by atoms with Crippen LogP contribution in [0.25, 0.3) is 0 Å². The summed E-state index contributed by atoms with van der Waals surface area (Å²) in [5.41, 5.74) is 0. The Morgan fingerprint density at radius 1 is 1.26 bits per heavy atom. The summed E-state index contributed by atoms with van der Waals surface area (Å²) in [5, 5.41) is 0. The van der Waals surface area contributed by atoms with Gasteiger partial charge in [0.25, 0.3) is 0 Å². The molecule has 6 nitrogen and oxygen atoms in total. The van der Waals surface area contributed by atoms with Gasteiger partial charge in [0, 0.05) is 71.5 Å². The van der Waals surface area contributed by atoms with Gasteiger partial charge in [-0.3, -0.25) is 4.57 Å². The largest absolute Gasteiger partial charge is 0.414 e. The average molecular weight is 414 g/mol. The SMILES string of the molecule is [B]C1CN(C)CC([CH2-])O1.[B]C1CN(P(=C)=O)CC(COC)O1.[Y]. The van der Waals surface area contributed by atoms with E-state index in [1.165, 1.54) is 0 Å². The zero-order chi connectivity index (χ0) is 16.7. The normalized spacial score (nSPS) is 33.1. The molecule has 0 bridgehead atoms. The topological polar surface area (TPSA) is 51.2 Å². The molecule has 0 N–H and O–H groups in total. The van der Waals surface area contributed by atoms with E-state index in [1.54, 1.807) is 11.8 Å². The summed E-state index contributed by atoms with van der Waals surface area (Å²) in [4.78, 5) is 2.12. The molecule has 2 heterocycles. The zero-order valence-electron chi connectivity index (χ0n) is 14.0. The van der Waals surface area contributed by atoms with Crippen LogP contribution in [0.5, 0.6) is 0 Å². The van der Waals surface area contributed by atoms with E-state index in [2.05, 4.69) is 18.1 Å². The standard InChI is InChI=1S/C7H13BNO3P.C6H11BNO.Y/c1-11-5-6-3-9(13(2)10)4-7(8)12-6;1-5-3-8(2)4-6(7)9-5;/h6-7H,2-5H2,1H3;5-6H,1,3-4H2,2H3;/q;-1;. The molecule has 0 aliphatic carbocycles. The summed E-state index contributed by atoms with van der Waals surface area (Å²) in [6.45, 7) is 6.96. The molecule has 125 valence electrons. The van der Waals surface area contributed by atoms with Gasteiger partial charge in [0.05, 0.1) is 12.7 Å². The first-order valence-electron chi connectivity index (χ1n) is 7.17. The van der Waals surface area contributed by atoms with Gasteiger partial charge < -0.3 is 26.0 Å². The van der Waals surface area contributed by atoms with E-state index in [-0.39, 0.29) is 50.9 Å². The van der Waals surface area contributed by atoms with Crippen molar-refractivity contribution >= 4 is 29.6 Å². The summed E-state index contributed by atoms with van der Waals surface area (Å²) >= 11 is 0. The van der Waals surface area contributed by atoms with Gasteiger partial charge in [-0.1, -0.05) is 6.10 Å². The minimum absolute atomic E-state index is 0. The molecule has 0 aromatic heterocycles. The Balaban J connectivity index is 0.000000427. The van der Waals surface area contributed by atoms with E-state index in [1.807, 2.05) is 7.05 Å². The van der Waals surface area contributed by atoms with Gasteiger partial charge in [0.1, 0.15) is 15.7 Å². The first-order valence-corrected chi connectivity index (χ1v) is 8.56. The predicted molar refractivity (Wildman–Crippen MR) is 89.9 cm³/mol. The molecule has 5 atom stereocenters. The Morgan fingerprint density at radius 3 is 2.35 bits per heavy atom. The predicted octanol–water partition coefficient (Wildman–Crippen LogP) is -0.354. The number of morpholine rings is 2. The Morgan fingerprint density at radius 2 is 1.87 bits per heavy atom. The van der Waals surface area contributed by atoms with Crippen molar-refractivity contribution in [3.8, 4) is 0 Å². The molecule has 2 aliphatic heterocycles. The average Bonchev–Trinajstić information content (AvgIpc) is 2.37. The van der Waals surface area contributed by atoms with Crippen molar-refractivity contribution < 1.29 is 51.5 Å². The third kappa shape index (κ3) is 9.91. The van der Waals surface area contributed by atoms with Crippen molar-refractivity contribution in [3.63, 3.8) is 0 Å². The fourth-order valence-electron chi connectivity index (χ4n) is 2.37. The summed E-state index contributed by atoms with van der Waals surface area (Å²) in [7, 11) is 13.2.